The number of nitro groups is 1. The molecule has 0 spiro atoms. The number of rotatable bonds is 6. The molecule has 8 heteroatoms. The molecule has 18 heavy (non-hydrogen) atoms. The van der Waals surface area contributed by atoms with E-state index in [1.54, 1.807) is 0 Å². The van der Waals surface area contributed by atoms with E-state index in [0.717, 1.165) is 0 Å². The van der Waals surface area contributed by atoms with Crippen molar-refractivity contribution < 1.29 is 18.8 Å². The second-order valence-corrected chi connectivity index (χ2v) is 4.00. The Balaban J connectivity index is 2.65. The van der Waals surface area contributed by atoms with Crippen LogP contribution >= 0.6 is 11.6 Å². The molecule has 0 aliphatic rings. The first-order chi connectivity index (χ1) is 8.41. The molecule has 0 saturated heterocycles. The molecule has 100 valence electrons. The van der Waals surface area contributed by atoms with Crippen molar-refractivity contribution >= 4 is 17.3 Å². The predicted molar refractivity (Wildman–Crippen MR) is 61.8 cm³/mol. The minimum Gasteiger partial charge on any atom is -0.386 e. The molecule has 0 radical (unpaired) electrons. The highest BCUT2D eigenvalue weighted by Crippen LogP contribution is 2.22. The Hall–Kier alpha value is -1.31. The van der Waals surface area contributed by atoms with Gasteiger partial charge in [-0.05, 0) is 12.1 Å². The number of alkyl halides is 2. The van der Waals surface area contributed by atoms with E-state index in [9.17, 15) is 18.9 Å². The van der Waals surface area contributed by atoms with Gasteiger partial charge in [-0.1, -0.05) is 11.6 Å². The van der Waals surface area contributed by atoms with E-state index in [4.69, 9.17) is 16.7 Å². The van der Waals surface area contributed by atoms with Crippen molar-refractivity contribution in [3.05, 3.63) is 38.9 Å². The van der Waals surface area contributed by atoms with Crippen molar-refractivity contribution in [1.29, 1.82) is 0 Å². The minimum absolute atomic E-state index is 0.00272. The number of aliphatic hydroxyl groups is 1. The highest BCUT2D eigenvalue weighted by atomic mass is 35.5. The largest absolute Gasteiger partial charge is 0.386 e. The van der Waals surface area contributed by atoms with Gasteiger partial charge >= 0.3 is 0 Å². The third-order valence-corrected chi connectivity index (χ3v) is 2.44. The van der Waals surface area contributed by atoms with E-state index in [-0.39, 0.29) is 23.8 Å². The van der Waals surface area contributed by atoms with Crippen LogP contribution in [-0.4, -0.2) is 29.1 Å². The molecule has 5 nitrogen and oxygen atoms in total. The maximum atomic E-state index is 12.0. The molecule has 1 rings (SSSR count). The number of nitrogens with zero attached hydrogens (tertiary/aromatic N) is 1. The first-order valence-corrected chi connectivity index (χ1v) is 5.39. The number of aliphatic hydroxyl groups excluding tert-OH is 1. The van der Waals surface area contributed by atoms with Crippen molar-refractivity contribution in [2.24, 2.45) is 0 Å². The van der Waals surface area contributed by atoms with Gasteiger partial charge in [-0.3, -0.25) is 10.1 Å². The fourth-order valence-corrected chi connectivity index (χ4v) is 1.47. The summed E-state index contributed by atoms with van der Waals surface area (Å²) in [6.45, 7) is -0.352. The van der Waals surface area contributed by atoms with Crippen LogP contribution in [0.25, 0.3) is 0 Å². The Kier molecular flexibility index (Phi) is 5.39. The van der Waals surface area contributed by atoms with Gasteiger partial charge in [-0.25, -0.2) is 8.78 Å². The third-order valence-electron chi connectivity index (χ3n) is 2.20. The Morgan fingerprint density at radius 3 is 2.72 bits per heavy atom. The topological polar surface area (TPSA) is 75.4 Å². The molecular formula is C10H11ClF2N2O3. The number of halogens is 3. The fraction of sp³-hybridized carbons (Fsp3) is 0.400. The molecule has 2 N–H and O–H groups in total. The molecule has 0 heterocycles. The van der Waals surface area contributed by atoms with Crippen LogP contribution in [0.4, 0.5) is 14.5 Å². The second kappa shape index (κ2) is 6.58. The maximum absolute atomic E-state index is 12.0. The number of hydrogen-bond donors (Lipinski definition) is 2. The number of hydrogen-bond acceptors (Lipinski definition) is 4. The Morgan fingerprint density at radius 1 is 1.50 bits per heavy atom. The zero-order valence-corrected chi connectivity index (χ0v) is 9.90. The Bertz CT molecular complexity index is 432. The summed E-state index contributed by atoms with van der Waals surface area (Å²) in [6, 6.07) is 4.08. The Morgan fingerprint density at radius 2 is 2.17 bits per heavy atom. The van der Waals surface area contributed by atoms with E-state index in [2.05, 4.69) is 5.32 Å². The summed E-state index contributed by atoms with van der Waals surface area (Å²) in [5.74, 6) is 0. The quantitative estimate of drug-likeness (QED) is 0.617. The summed E-state index contributed by atoms with van der Waals surface area (Å²) in [4.78, 5) is 10.1. The zero-order chi connectivity index (χ0) is 13.7. The van der Waals surface area contributed by atoms with Crippen LogP contribution in [0.15, 0.2) is 18.2 Å². The summed E-state index contributed by atoms with van der Waals surface area (Å²) >= 11 is 5.62. The van der Waals surface area contributed by atoms with Crippen LogP contribution in [0.5, 0.6) is 0 Å². The van der Waals surface area contributed by atoms with Crippen LogP contribution in [0.1, 0.15) is 5.56 Å². The molecule has 0 fully saturated rings. The number of benzene rings is 1. The molecule has 1 aromatic carbocycles. The van der Waals surface area contributed by atoms with E-state index < -0.39 is 17.5 Å². The van der Waals surface area contributed by atoms with Crippen LogP contribution in [0.2, 0.25) is 5.02 Å². The average Bonchev–Trinajstić information content (AvgIpc) is 2.30. The van der Waals surface area contributed by atoms with E-state index in [0.29, 0.717) is 5.56 Å². The molecule has 1 aromatic rings. The van der Waals surface area contributed by atoms with Gasteiger partial charge in [0.25, 0.3) is 12.1 Å². The minimum atomic E-state index is -2.85. The predicted octanol–water partition coefficient (Wildman–Crippen LogP) is 1.96. The molecule has 0 aromatic heterocycles. The van der Waals surface area contributed by atoms with Crippen molar-refractivity contribution in [3.63, 3.8) is 0 Å². The van der Waals surface area contributed by atoms with Crippen molar-refractivity contribution in [2.45, 2.75) is 19.1 Å². The summed E-state index contributed by atoms with van der Waals surface area (Å²) in [5, 5.41) is 22.3. The molecule has 1 unspecified atom stereocenters. The number of nitrogens with one attached hydrogen (secondary N) is 1. The lowest BCUT2D eigenvalue weighted by Gasteiger charge is -2.10. The Labute approximate surface area is 107 Å². The van der Waals surface area contributed by atoms with Crippen LogP contribution in [0.3, 0.4) is 0 Å². The van der Waals surface area contributed by atoms with Crippen molar-refractivity contribution in [3.8, 4) is 0 Å². The molecule has 0 amide bonds. The van der Waals surface area contributed by atoms with E-state index in [1.165, 1.54) is 18.2 Å². The zero-order valence-electron chi connectivity index (χ0n) is 9.15. The molecule has 0 bridgehead atoms. The fourth-order valence-electron chi connectivity index (χ4n) is 1.30. The standard InChI is InChI=1S/C10H11ClF2N2O3/c11-7-2-1-6(8(3-7)15(17)18)4-14-5-9(16)10(12)13/h1-3,9-10,14,16H,4-5H2. The lowest BCUT2D eigenvalue weighted by Crippen LogP contribution is -2.31. The van der Waals surface area contributed by atoms with Crippen molar-refractivity contribution in [1.82, 2.24) is 5.32 Å². The van der Waals surface area contributed by atoms with Gasteiger partial charge in [0.1, 0.15) is 6.10 Å². The first-order valence-electron chi connectivity index (χ1n) is 5.01. The van der Waals surface area contributed by atoms with Gasteiger partial charge in [-0.15, -0.1) is 0 Å². The smallest absolute Gasteiger partial charge is 0.275 e. The van der Waals surface area contributed by atoms with Gasteiger partial charge in [0.2, 0.25) is 0 Å². The monoisotopic (exact) mass is 280 g/mol. The molecule has 0 aliphatic heterocycles. The summed E-state index contributed by atoms with van der Waals surface area (Å²) in [5.41, 5.74) is 0.118. The molecule has 1 atom stereocenters. The summed E-state index contributed by atoms with van der Waals surface area (Å²) < 4.78 is 24.0. The highest BCUT2D eigenvalue weighted by molar-refractivity contribution is 6.30. The third kappa shape index (κ3) is 4.17. The molecule has 0 aliphatic carbocycles. The second-order valence-electron chi connectivity index (χ2n) is 3.56. The van der Waals surface area contributed by atoms with Gasteiger partial charge in [0.15, 0.2) is 0 Å². The van der Waals surface area contributed by atoms with Crippen LogP contribution < -0.4 is 5.32 Å². The lowest BCUT2D eigenvalue weighted by atomic mass is 10.2. The van der Waals surface area contributed by atoms with E-state index >= 15 is 0 Å². The van der Waals surface area contributed by atoms with E-state index in [1.807, 2.05) is 0 Å². The summed E-state index contributed by atoms with van der Waals surface area (Å²) in [6.07, 6.45) is -4.64. The SMILES string of the molecule is O=[N+]([O-])c1cc(Cl)ccc1CNCC(O)C(F)F. The highest BCUT2D eigenvalue weighted by Gasteiger charge is 2.17. The van der Waals surface area contributed by atoms with Crippen LogP contribution in [0, 0.1) is 10.1 Å². The number of nitro benzene ring substituents is 1. The molecular weight excluding hydrogens is 270 g/mol. The van der Waals surface area contributed by atoms with Gasteiger partial charge < -0.3 is 10.4 Å². The van der Waals surface area contributed by atoms with Crippen molar-refractivity contribution in [2.75, 3.05) is 6.54 Å². The molecule has 0 saturated carbocycles. The van der Waals surface area contributed by atoms with Gasteiger partial charge in [0.05, 0.1) is 4.92 Å². The van der Waals surface area contributed by atoms with Gasteiger partial charge in [0, 0.05) is 29.7 Å². The average molecular weight is 281 g/mol. The lowest BCUT2D eigenvalue weighted by molar-refractivity contribution is -0.385. The normalized spacial score (nSPS) is 12.7. The maximum Gasteiger partial charge on any atom is 0.275 e. The van der Waals surface area contributed by atoms with Crippen LogP contribution in [-0.2, 0) is 6.54 Å². The summed E-state index contributed by atoms with van der Waals surface area (Å²) in [7, 11) is 0. The van der Waals surface area contributed by atoms with Gasteiger partial charge in [-0.2, -0.15) is 0 Å². The first kappa shape index (κ1) is 14.7.